The summed E-state index contributed by atoms with van der Waals surface area (Å²) in [4.78, 5) is 16.4. The van der Waals surface area contributed by atoms with Crippen LogP contribution in [0, 0.1) is 11.3 Å². The lowest BCUT2D eigenvalue weighted by atomic mass is 9.72. The molecule has 0 radical (unpaired) electrons. The van der Waals surface area contributed by atoms with Crippen LogP contribution < -0.4 is 5.43 Å². The molecule has 1 N–H and O–H groups in total. The zero-order valence-corrected chi connectivity index (χ0v) is 15.6. The summed E-state index contributed by atoms with van der Waals surface area (Å²) in [5, 5.41) is 4.13. The van der Waals surface area contributed by atoms with Gasteiger partial charge in [-0.1, -0.05) is 20.8 Å². The first kappa shape index (κ1) is 16.9. The molecule has 1 aliphatic carbocycles. The van der Waals surface area contributed by atoms with Gasteiger partial charge in [-0.3, -0.25) is 10.2 Å². The van der Waals surface area contributed by atoms with Crippen LogP contribution in [-0.4, -0.2) is 49.0 Å². The van der Waals surface area contributed by atoms with Crippen LogP contribution in [0.4, 0.5) is 0 Å². The predicted molar refractivity (Wildman–Crippen MR) is 95.8 cm³/mol. The standard InChI is InChI=1S/C18H29N3OS/c1-18(2,3)13-5-6-14-15(12-23-16(14)11-13)17(22)19-21-9-7-20(4)8-10-21/h12-13H,5-11H2,1-4H3,(H,19,22). The Balaban J connectivity index is 1.66. The minimum absolute atomic E-state index is 0.0845. The Kier molecular flexibility index (Phi) is 4.81. The van der Waals surface area contributed by atoms with E-state index in [2.05, 4.69) is 48.5 Å². The highest BCUT2D eigenvalue weighted by Crippen LogP contribution is 2.40. The molecule has 0 spiro atoms. The highest BCUT2D eigenvalue weighted by molar-refractivity contribution is 7.10. The van der Waals surface area contributed by atoms with Gasteiger partial charge in [0.25, 0.3) is 5.91 Å². The van der Waals surface area contributed by atoms with Crippen LogP contribution in [-0.2, 0) is 12.8 Å². The topological polar surface area (TPSA) is 35.6 Å². The van der Waals surface area contributed by atoms with E-state index in [9.17, 15) is 4.79 Å². The SMILES string of the molecule is CN1CCN(NC(=O)c2csc3c2CCC(C(C)(C)C)C3)CC1. The second kappa shape index (κ2) is 6.54. The molecule has 4 nitrogen and oxygen atoms in total. The number of carbonyl (C=O) groups excluding carboxylic acids is 1. The molecule has 1 aromatic heterocycles. The first-order valence-electron chi connectivity index (χ1n) is 8.68. The van der Waals surface area contributed by atoms with Gasteiger partial charge in [0, 0.05) is 36.4 Å². The van der Waals surface area contributed by atoms with Crippen molar-refractivity contribution >= 4 is 17.2 Å². The Hall–Kier alpha value is -0.910. The summed E-state index contributed by atoms with van der Waals surface area (Å²) in [6.45, 7) is 10.8. The predicted octanol–water partition coefficient (Wildman–Crippen LogP) is 2.79. The van der Waals surface area contributed by atoms with Crippen molar-refractivity contribution in [1.29, 1.82) is 0 Å². The number of fused-ring (bicyclic) bond motifs is 1. The highest BCUT2D eigenvalue weighted by atomic mass is 32.1. The Morgan fingerprint density at radius 3 is 2.61 bits per heavy atom. The molecule has 3 rings (SSSR count). The average Bonchev–Trinajstić information content (AvgIpc) is 2.92. The van der Waals surface area contributed by atoms with Crippen LogP contribution >= 0.6 is 11.3 Å². The number of hydrogen-bond acceptors (Lipinski definition) is 4. The van der Waals surface area contributed by atoms with E-state index in [0.29, 0.717) is 5.41 Å². The first-order chi connectivity index (χ1) is 10.8. The number of piperazine rings is 1. The number of carbonyl (C=O) groups is 1. The Labute approximate surface area is 143 Å². The van der Waals surface area contributed by atoms with Gasteiger partial charge in [-0.2, -0.15) is 0 Å². The number of rotatable bonds is 2. The summed E-state index contributed by atoms with van der Waals surface area (Å²) in [7, 11) is 2.13. The van der Waals surface area contributed by atoms with E-state index in [1.54, 1.807) is 11.3 Å². The fourth-order valence-electron chi connectivity index (χ4n) is 3.56. The normalized spacial score (nSPS) is 23.6. The fraction of sp³-hybridized carbons (Fsp3) is 0.722. The zero-order valence-electron chi connectivity index (χ0n) is 14.8. The van der Waals surface area contributed by atoms with Crippen LogP contribution in [0.5, 0.6) is 0 Å². The minimum Gasteiger partial charge on any atom is -0.304 e. The van der Waals surface area contributed by atoms with E-state index in [1.807, 2.05) is 0 Å². The van der Waals surface area contributed by atoms with Crippen LogP contribution in [0.3, 0.4) is 0 Å². The number of nitrogens with one attached hydrogen (secondary N) is 1. The minimum atomic E-state index is 0.0845. The lowest BCUT2D eigenvalue weighted by Gasteiger charge is -2.34. The van der Waals surface area contributed by atoms with Gasteiger partial charge in [-0.15, -0.1) is 11.3 Å². The average molecular weight is 336 g/mol. The lowest BCUT2D eigenvalue weighted by Crippen LogP contribution is -2.52. The maximum Gasteiger partial charge on any atom is 0.266 e. The van der Waals surface area contributed by atoms with Gasteiger partial charge in [0.05, 0.1) is 5.56 Å². The van der Waals surface area contributed by atoms with Crippen LogP contribution in [0.2, 0.25) is 0 Å². The van der Waals surface area contributed by atoms with Crippen molar-refractivity contribution < 1.29 is 4.79 Å². The van der Waals surface area contributed by atoms with Gasteiger partial charge in [-0.25, -0.2) is 5.01 Å². The molecule has 1 saturated heterocycles. The molecule has 1 unspecified atom stereocenters. The summed E-state index contributed by atoms with van der Waals surface area (Å²) in [5.41, 5.74) is 5.68. The van der Waals surface area contributed by atoms with E-state index in [-0.39, 0.29) is 5.91 Å². The number of likely N-dealkylation sites (N-methyl/N-ethyl adjacent to an activating group) is 1. The summed E-state index contributed by atoms with van der Waals surface area (Å²) < 4.78 is 0. The molecule has 1 aromatic rings. The molecule has 0 bridgehead atoms. The third kappa shape index (κ3) is 3.78. The lowest BCUT2D eigenvalue weighted by molar-refractivity contribution is 0.0661. The van der Waals surface area contributed by atoms with E-state index < -0.39 is 0 Å². The molecule has 1 atom stereocenters. The zero-order chi connectivity index (χ0) is 16.6. The van der Waals surface area contributed by atoms with Crippen LogP contribution in [0.1, 0.15) is 48.0 Å². The maximum atomic E-state index is 12.6. The largest absolute Gasteiger partial charge is 0.304 e. The van der Waals surface area contributed by atoms with Crippen molar-refractivity contribution in [2.45, 2.75) is 40.0 Å². The second-order valence-corrected chi connectivity index (χ2v) is 9.05. The molecule has 5 heteroatoms. The van der Waals surface area contributed by atoms with Crippen LogP contribution in [0.25, 0.3) is 0 Å². The molecular formula is C18H29N3OS. The number of nitrogens with zero attached hydrogens (tertiary/aromatic N) is 2. The number of hydrazine groups is 1. The van der Waals surface area contributed by atoms with Crippen molar-refractivity contribution in [3.8, 4) is 0 Å². The van der Waals surface area contributed by atoms with E-state index in [0.717, 1.165) is 50.5 Å². The summed E-state index contributed by atoms with van der Waals surface area (Å²) in [6.07, 6.45) is 3.37. The number of thiophene rings is 1. The molecule has 2 aliphatic rings. The summed E-state index contributed by atoms with van der Waals surface area (Å²) in [5.74, 6) is 0.809. The molecule has 0 saturated carbocycles. The molecule has 1 fully saturated rings. The van der Waals surface area contributed by atoms with Crippen molar-refractivity contribution in [3.05, 3.63) is 21.4 Å². The summed E-state index contributed by atoms with van der Waals surface area (Å²) >= 11 is 1.78. The Morgan fingerprint density at radius 2 is 1.96 bits per heavy atom. The van der Waals surface area contributed by atoms with Gasteiger partial charge < -0.3 is 4.90 Å². The van der Waals surface area contributed by atoms with Crippen LogP contribution in [0.15, 0.2) is 5.38 Å². The first-order valence-corrected chi connectivity index (χ1v) is 9.56. The van der Waals surface area contributed by atoms with E-state index in [4.69, 9.17) is 0 Å². The van der Waals surface area contributed by atoms with Crippen molar-refractivity contribution in [2.24, 2.45) is 11.3 Å². The molecule has 23 heavy (non-hydrogen) atoms. The van der Waals surface area contributed by atoms with Gasteiger partial charge in [0.2, 0.25) is 0 Å². The third-order valence-electron chi connectivity index (χ3n) is 5.39. The van der Waals surface area contributed by atoms with Gasteiger partial charge >= 0.3 is 0 Å². The quantitative estimate of drug-likeness (QED) is 0.903. The monoisotopic (exact) mass is 335 g/mol. The molecule has 1 amide bonds. The molecule has 128 valence electrons. The van der Waals surface area contributed by atoms with E-state index in [1.165, 1.54) is 16.9 Å². The van der Waals surface area contributed by atoms with Crippen molar-refractivity contribution in [2.75, 3.05) is 33.2 Å². The van der Waals surface area contributed by atoms with Gasteiger partial charge in [0.1, 0.15) is 0 Å². The highest BCUT2D eigenvalue weighted by Gasteiger charge is 2.32. The maximum absolute atomic E-state index is 12.6. The summed E-state index contributed by atoms with van der Waals surface area (Å²) in [6, 6.07) is 0. The second-order valence-electron chi connectivity index (χ2n) is 8.09. The molecule has 1 aliphatic heterocycles. The van der Waals surface area contributed by atoms with E-state index >= 15 is 0 Å². The Bertz CT molecular complexity index is 567. The Morgan fingerprint density at radius 1 is 1.26 bits per heavy atom. The number of amides is 1. The molecular weight excluding hydrogens is 306 g/mol. The number of hydrogen-bond donors (Lipinski definition) is 1. The molecule has 2 heterocycles. The van der Waals surface area contributed by atoms with Gasteiger partial charge in [0.15, 0.2) is 0 Å². The smallest absolute Gasteiger partial charge is 0.266 e. The third-order valence-corrected chi connectivity index (χ3v) is 6.44. The van der Waals surface area contributed by atoms with Crippen molar-refractivity contribution in [1.82, 2.24) is 15.3 Å². The fourth-order valence-corrected chi connectivity index (χ4v) is 4.73. The molecule has 0 aromatic carbocycles. The van der Waals surface area contributed by atoms with Crippen molar-refractivity contribution in [3.63, 3.8) is 0 Å². The van der Waals surface area contributed by atoms with Gasteiger partial charge in [-0.05, 0) is 43.2 Å².